The van der Waals surface area contributed by atoms with Crippen LogP contribution in [-0.4, -0.2) is 39.5 Å². The Morgan fingerprint density at radius 2 is 1.00 bits per heavy atom. The summed E-state index contributed by atoms with van der Waals surface area (Å²) in [7, 11) is -4.48. The molecular formula is C32H39N4NaO4S. The summed E-state index contributed by atoms with van der Waals surface area (Å²) in [5.41, 5.74) is 7.86. The number of fused-ring (bicyclic) bond motifs is 8. The number of hydrogen-bond donors (Lipinski definition) is 2. The van der Waals surface area contributed by atoms with Crippen LogP contribution in [0.1, 0.15) is 93.9 Å². The Kier molecular flexibility index (Phi) is 14.2. The van der Waals surface area contributed by atoms with Gasteiger partial charge in [-0.1, -0.05) is 64.7 Å². The van der Waals surface area contributed by atoms with E-state index in [1.54, 1.807) is 0 Å². The predicted octanol–water partition coefficient (Wildman–Crippen LogP) is 5.04. The molecule has 0 aliphatic carbocycles. The fraction of sp³-hybridized carbons (Fsp3) is 0.375. The summed E-state index contributed by atoms with van der Waals surface area (Å²) >= 11 is 0. The molecule has 0 amide bonds. The molecule has 0 spiro atoms. The number of rotatable bonds is 12. The van der Waals surface area contributed by atoms with Gasteiger partial charge in [-0.2, -0.15) is 0 Å². The van der Waals surface area contributed by atoms with E-state index in [9.17, 15) is 13.0 Å². The smallest absolute Gasteiger partial charge is 0.726 e. The normalized spacial score (nSPS) is 12.0. The third kappa shape index (κ3) is 12.4. The van der Waals surface area contributed by atoms with Gasteiger partial charge in [0.2, 0.25) is 10.4 Å². The maximum Gasteiger partial charge on any atom is 1.00 e. The van der Waals surface area contributed by atoms with Gasteiger partial charge in [0, 0.05) is 22.1 Å². The van der Waals surface area contributed by atoms with E-state index in [-0.39, 0.29) is 36.2 Å². The van der Waals surface area contributed by atoms with Crippen molar-refractivity contribution in [2.75, 3.05) is 6.61 Å². The molecular weight excluding hydrogens is 559 g/mol. The standard InChI is InChI=1S/C20H14N4.C12H26O4S.Na/c1-2-14-10-16-5-6-18(23-16)12-20-8-7-19(24-20)11-17-4-3-15(22-17)9-13(1)21-14;1-2-3-4-5-6-7-8-9-10-11-12-16-17(13,14)15;/h1-12,21-22H;2-12H2,1H3,(H,13,14,15);/q;;+1/p-1. The van der Waals surface area contributed by atoms with Crippen LogP contribution >= 0.6 is 0 Å². The molecule has 0 fully saturated rings. The summed E-state index contributed by atoms with van der Waals surface area (Å²) in [6.45, 7) is 2.24. The van der Waals surface area contributed by atoms with Crippen LogP contribution in [0.5, 0.6) is 0 Å². The maximum atomic E-state index is 10.1. The molecule has 2 N–H and O–H groups in total. The Bertz CT molecular complexity index is 1520. The van der Waals surface area contributed by atoms with Crippen molar-refractivity contribution < 1.29 is 46.7 Å². The minimum atomic E-state index is -4.48. The van der Waals surface area contributed by atoms with Crippen molar-refractivity contribution in [2.24, 2.45) is 0 Å². The van der Waals surface area contributed by atoms with Crippen LogP contribution in [0.4, 0.5) is 0 Å². The quantitative estimate of drug-likeness (QED) is 0.0897. The van der Waals surface area contributed by atoms with Crippen molar-refractivity contribution in [1.29, 1.82) is 0 Å². The first-order chi connectivity index (χ1) is 19.9. The molecule has 8 bridgehead atoms. The minimum Gasteiger partial charge on any atom is -0.726 e. The third-order valence-electron chi connectivity index (χ3n) is 6.77. The van der Waals surface area contributed by atoms with Gasteiger partial charge in [-0.15, -0.1) is 0 Å². The molecule has 0 saturated carbocycles. The first kappa shape index (κ1) is 34.0. The Balaban J connectivity index is 0.000000242. The molecule has 0 aromatic carbocycles. The second-order valence-corrected chi connectivity index (χ2v) is 11.4. The molecule has 0 atom stereocenters. The van der Waals surface area contributed by atoms with Crippen LogP contribution in [-0.2, 0) is 14.6 Å². The molecule has 3 aromatic rings. The van der Waals surface area contributed by atoms with Crippen LogP contribution in [0.15, 0.2) is 48.5 Å². The molecule has 2 aliphatic heterocycles. The molecule has 5 heterocycles. The van der Waals surface area contributed by atoms with Gasteiger partial charge in [-0.25, -0.2) is 18.4 Å². The van der Waals surface area contributed by atoms with E-state index in [4.69, 9.17) is 0 Å². The second kappa shape index (κ2) is 17.6. The van der Waals surface area contributed by atoms with Crippen LogP contribution in [0, 0.1) is 0 Å². The average Bonchev–Trinajstić information content (AvgIpc) is 3.74. The minimum absolute atomic E-state index is 0. The van der Waals surface area contributed by atoms with Gasteiger partial charge >= 0.3 is 29.6 Å². The van der Waals surface area contributed by atoms with Gasteiger partial charge in [0.05, 0.1) is 29.4 Å². The Labute approximate surface area is 271 Å². The molecule has 42 heavy (non-hydrogen) atoms. The number of nitrogens with one attached hydrogen (secondary N) is 2. The second-order valence-electron chi connectivity index (χ2n) is 10.3. The zero-order valence-electron chi connectivity index (χ0n) is 24.6. The van der Waals surface area contributed by atoms with Crippen LogP contribution in [0.25, 0.3) is 46.4 Å². The number of aromatic amines is 2. The van der Waals surface area contributed by atoms with E-state index >= 15 is 0 Å². The van der Waals surface area contributed by atoms with E-state index in [0.29, 0.717) is 6.42 Å². The Morgan fingerprint density at radius 3 is 1.43 bits per heavy atom. The van der Waals surface area contributed by atoms with E-state index in [2.05, 4.69) is 61.4 Å². The van der Waals surface area contributed by atoms with Gasteiger partial charge < -0.3 is 14.5 Å². The third-order valence-corrected chi connectivity index (χ3v) is 7.22. The van der Waals surface area contributed by atoms with Crippen LogP contribution in [0.2, 0.25) is 0 Å². The molecule has 10 heteroatoms. The SMILES string of the molecule is C1=Cc2cc3ccc(cc4ccc(cc5nc(cc1n2)C=C5)[nH]4)[nH]3.CCCCCCCCCCCCOS(=O)(=O)[O-].[Na+]. The fourth-order valence-electron chi connectivity index (χ4n) is 4.69. The summed E-state index contributed by atoms with van der Waals surface area (Å²) < 4.78 is 34.5. The molecule has 5 rings (SSSR count). The fourth-order valence-corrected chi connectivity index (χ4v) is 5.02. The van der Waals surface area contributed by atoms with Gasteiger partial charge in [-0.3, -0.25) is 4.18 Å². The first-order valence-corrected chi connectivity index (χ1v) is 15.8. The Morgan fingerprint density at radius 1 is 0.619 bits per heavy atom. The predicted molar refractivity (Wildman–Crippen MR) is 166 cm³/mol. The van der Waals surface area contributed by atoms with Crippen molar-refractivity contribution in [3.8, 4) is 0 Å². The Hall–Kier alpha value is -2.53. The molecule has 2 aliphatic rings. The summed E-state index contributed by atoms with van der Waals surface area (Å²) in [6, 6.07) is 16.4. The van der Waals surface area contributed by atoms with Crippen molar-refractivity contribution >= 4 is 56.8 Å². The van der Waals surface area contributed by atoms with Gasteiger partial charge in [0.1, 0.15) is 0 Å². The number of H-pyrrole nitrogens is 2. The molecule has 8 nitrogen and oxygen atoms in total. The van der Waals surface area contributed by atoms with E-state index in [1.807, 2.05) is 42.5 Å². The maximum absolute atomic E-state index is 10.1. The van der Waals surface area contributed by atoms with Crippen LogP contribution in [0.3, 0.4) is 0 Å². The summed E-state index contributed by atoms with van der Waals surface area (Å²) in [4.78, 5) is 16.0. The van der Waals surface area contributed by atoms with Crippen LogP contribution < -0.4 is 29.6 Å². The first-order valence-electron chi connectivity index (χ1n) is 14.5. The number of aromatic nitrogens is 4. The van der Waals surface area contributed by atoms with Crippen molar-refractivity contribution in [3.05, 3.63) is 71.3 Å². The monoisotopic (exact) mass is 598 g/mol. The molecule has 0 unspecified atom stereocenters. The zero-order valence-corrected chi connectivity index (χ0v) is 27.5. The number of nitrogens with zero attached hydrogens (tertiary/aromatic N) is 2. The summed E-state index contributed by atoms with van der Waals surface area (Å²) in [5.74, 6) is 0. The van der Waals surface area contributed by atoms with Crippen molar-refractivity contribution in [1.82, 2.24) is 19.9 Å². The number of unbranched alkanes of at least 4 members (excludes halogenated alkanes) is 9. The summed E-state index contributed by atoms with van der Waals surface area (Å²) in [6.07, 6.45) is 19.7. The van der Waals surface area contributed by atoms with Gasteiger partial charge in [0.25, 0.3) is 0 Å². The van der Waals surface area contributed by atoms with Crippen molar-refractivity contribution in [2.45, 2.75) is 71.1 Å². The van der Waals surface area contributed by atoms with E-state index in [0.717, 1.165) is 57.7 Å². The molecule has 0 radical (unpaired) electrons. The van der Waals surface area contributed by atoms with E-state index < -0.39 is 10.4 Å². The molecule has 0 saturated heterocycles. The molecule has 218 valence electrons. The van der Waals surface area contributed by atoms with Gasteiger partial charge in [-0.05, 0) is 79.3 Å². The average molecular weight is 599 g/mol. The number of hydrogen-bond acceptors (Lipinski definition) is 6. The zero-order chi connectivity index (χ0) is 28.9. The van der Waals surface area contributed by atoms with E-state index in [1.165, 1.54) is 44.9 Å². The topological polar surface area (TPSA) is 124 Å². The summed E-state index contributed by atoms with van der Waals surface area (Å²) in [5, 5.41) is 0. The van der Waals surface area contributed by atoms with Gasteiger partial charge in [0.15, 0.2) is 0 Å². The molecule has 3 aromatic heterocycles. The largest absolute Gasteiger partial charge is 1.00 e. The van der Waals surface area contributed by atoms with Crippen molar-refractivity contribution in [3.63, 3.8) is 0 Å².